The van der Waals surface area contributed by atoms with Crippen molar-refractivity contribution in [2.75, 3.05) is 0 Å². The van der Waals surface area contributed by atoms with Crippen LogP contribution >= 0.6 is 0 Å². The normalized spacial score (nSPS) is 22.1. The van der Waals surface area contributed by atoms with Crippen LogP contribution in [0.1, 0.15) is 36.3 Å². The van der Waals surface area contributed by atoms with Crippen LogP contribution in [-0.4, -0.2) is 38.7 Å². The van der Waals surface area contributed by atoms with Crippen LogP contribution in [0.2, 0.25) is 0 Å². The lowest BCUT2D eigenvalue weighted by molar-refractivity contribution is -0.127. The van der Waals surface area contributed by atoms with Crippen molar-refractivity contribution < 1.29 is 14.7 Å². The van der Waals surface area contributed by atoms with Gasteiger partial charge in [-0.25, -0.2) is 4.98 Å². The molecule has 3 N–H and O–H groups in total. The first-order chi connectivity index (χ1) is 12.9. The van der Waals surface area contributed by atoms with Gasteiger partial charge in [-0.15, -0.1) is 0 Å². The first kappa shape index (κ1) is 19.0. The SMILES string of the molecule is CC(C)C1C[C@@]1(O)NC(=O)[C@H](Cc1ccccc1)NC(=O)c1cnccn1. The van der Waals surface area contributed by atoms with Crippen LogP contribution in [-0.2, 0) is 11.2 Å². The Bertz CT molecular complexity index is 797. The number of nitrogens with zero attached hydrogens (tertiary/aromatic N) is 2. The minimum absolute atomic E-state index is 0.0227. The monoisotopic (exact) mass is 368 g/mol. The summed E-state index contributed by atoms with van der Waals surface area (Å²) in [7, 11) is 0. The quantitative estimate of drug-likeness (QED) is 0.639. The molecule has 1 aliphatic carbocycles. The molecule has 7 heteroatoms. The molecule has 1 heterocycles. The van der Waals surface area contributed by atoms with Gasteiger partial charge in [0.15, 0.2) is 0 Å². The molecule has 1 aromatic carbocycles. The number of carbonyl (C=O) groups excluding carboxylic acids is 2. The summed E-state index contributed by atoms with van der Waals surface area (Å²) in [6, 6.07) is 8.57. The van der Waals surface area contributed by atoms with Gasteiger partial charge in [-0.3, -0.25) is 14.6 Å². The zero-order valence-electron chi connectivity index (χ0n) is 15.4. The fraction of sp³-hybridized carbons (Fsp3) is 0.400. The molecule has 2 amide bonds. The lowest BCUT2D eigenvalue weighted by Gasteiger charge is -2.22. The van der Waals surface area contributed by atoms with Gasteiger partial charge >= 0.3 is 0 Å². The number of carbonyl (C=O) groups is 2. The average molecular weight is 368 g/mol. The standard InChI is InChI=1S/C20H24N4O3/c1-13(2)15-11-20(15,27)24-19(26)16(10-14-6-4-3-5-7-14)23-18(25)17-12-21-8-9-22-17/h3-9,12-13,15-16,27H,10-11H2,1-2H3,(H,23,25)(H,24,26)/t15?,16-,20-/m0/s1. The molecule has 0 saturated heterocycles. The summed E-state index contributed by atoms with van der Waals surface area (Å²) in [5.74, 6) is -0.615. The second kappa shape index (κ2) is 7.84. The molecule has 1 saturated carbocycles. The smallest absolute Gasteiger partial charge is 0.272 e. The third-order valence-corrected chi connectivity index (χ3v) is 4.83. The van der Waals surface area contributed by atoms with Gasteiger partial charge in [0, 0.05) is 31.2 Å². The van der Waals surface area contributed by atoms with Crippen LogP contribution in [0.5, 0.6) is 0 Å². The molecule has 1 fully saturated rings. The number of nitrogens with one attached hydrogen (secondary N) is 2. The molecule has 3 atom stereocenters. The van der Waals surface area contributed by atoms with Crippen LogP contribution in [0.25, 0.3) is 0 Å². The van der Waals surface area contributed by atoms with Crippen molar-refractivity contribution in [3.63, 3.8) is 0 Å². The van der Waals surface area contributed by atoms with E-state index in [1.165, 1.54) is 18.6 Å². The van der Waals surface area contributed by atoms with Crippen molar-refractivity contribution >= 4 is 11.8 Å². The van der Waals surface area contributed by atoms with Crippen LogP contribution in [0.15, 0.2) is 48.9 Å². The number of benzene rings is 1. The number of hydrogen-bond donors (Lipinski definition) is 3. The summed E-state index contributed by atoms with van der Waals surface area (Å²) in [5.41, 5.74) is -0.161. The summed E-state index contributed by atoms with van der Waals surface area (Å²) in [5, 5.41) is 15.9. The van der Waals surface area contributed by atoms with Crippen molar-refractivity contribution in [3.8, 4) is 0 Å². The number of aliphatic hydroxyl groups is 1. The van der Waals surface area contributed by atoms with E-state index in [4.69, 9.17) is 0 Å². The van der Waals surface area contributed by atoms with Gasteiger partial charge in [-0.2, -0.15) is 0 Å². The van der Waals surface area contributed by atoms with Gasteiger partial charge in [0.05, 0.1) is 6.20 Å². The van der Waals surface area contributed by atoms with Crippen molar-refractivity contribution in [3.05, 3.63) is 60.2 Å². The van der Waals surface area contributed by atoms with E-state index in [9.17, 15) is 14.7 Å². The molecule has 2 aromatic rings. The molecule has 0 radical (unpaired) electrons. The van der Waals surface area contributed by atoms with Gasteiger partial charge in [-0.05, 0) is 11.5 Å². The maximum Gasteiger partial charge on any atom is 0.272 e. The third kappa shape index (κ3) is 4.68. The van der Waals surface area contributed by atoms with Gasteiger partial charge in [0.25, 0.3) is 5.91 Å². The number of amides is 2. The van der Waals surface area contributed by atoms with Crippen LogP contribution in [0.4, 0.5) is 0 Å². The molecule has 7 nitrogen and oxygen atoms in total. The topological polar surface area (TPSA) is 104 Å². The molecule has 3 rings (SSSR count). The minimum Gasteiger partial charge on any atom is -0.371 e. The van der Waals surface area contributed by atoms with Crippen LogP contribution in [0, 0.1) is 11.8 Å². The molecule has 142 valence electrons. The molecular weight excluding hydrogens is 344 g/mol. The summed E-state index contributed by atoms with van der Waals surface area (Å²) >= 11 is 0. The van der Waals surface area contributed by atoms with Crippen molar-refractivity contribution in [1.29, 1.82) is 0 Å². The molecule has 1 aromatic heterocycles. The van der Waals surface area contributed by atoms with E-state index in [2.05, 4.69) is 20.6 Å². The second-order valence-corrected chi connectivity index (χ2v) is 7.27. The highest BCUT2D eigenvalue weighted by Gasteiger charge is 2.55. The highest BCUT2D eigenvalue weighted by molar-refractivity contribution is 5.96. The lowest BCUT2D eigenvalue weighted by atomic mass is 10.0. The Morgan fingerprint density at radius 1 is 1.26 bits per heavy atom. The zero-order chi connectivity index (χ0) is 19.4. The zero-order valence-corrected chi connectivity index (χ0v) is 15.4. The van der Waals surface area contributed by atoms with Crippen molar-refractivity contribution in [2.45, 2.75) is 38.5 Å². The molecule has 1 unspecified atom stereocenters. The van der Waals surface area contributed by atoms with Gasteiger partial charge in [0.1, 0.15) is 17.5 Å². The van der Waals surface area contributed by atoms with E-state index in [1.807, 2.05) is 44.2 Å². The molecule has 27 heavy (non-hydrogen) atoms. The first-order valence-corrected chi connectivity index (χ1v) is 9.04. The number of rotatable bonds is 7. The maximum absolute atomic E-state index is 12.8. The summed E-state index contributed by atoms with van der Waals surface area (Å²) < 4.78 is 0. The Morgan fingerprint density at radius 2 is 2.00 bits per heavy atom. The Morgan fingerprint density at radius 3 is 2.59 bits per heavy atom. The minimum atomic E-state index is -1.20. The van der Waals surface area contributed by atoms with Crippen LogP contribution in [0.3, 0.4) is 0 Å². The lowest BCUT2D eigenvalue weighted by Crippen LogP contribution is -2.52. The van der Waals surface area contributed by atoms with E-state index in [0.717, 1.165) is 5.56 Å². The van der Waals surface area contributed by atoms with Gasteiger partial charge in [0.2, 0.25) is 5.91 Å². The van der Waals surface area contributed by atoms with Gasteiger partial charge in [-0.1, -0.05) is 44.2 Å². The molecule has 0 bridgehead atoms. The fourth-order valence-electron chi connectivity index (χ4n) is 3.22. The van der Waals surface area contributed by atoms with E-state index in [-0.39, 0.29) is 17.5 Å². The molecule has 0 spiro atoms. The van der Waals surface area contributed by atoms with Crippen LogP contribution < -0.4 is 10.6 Å². The Balaban J connectivity index is 1.73. The second-order valence-electron chi connectivity index (χ2n) is 7.27. The van der Waals surface area contributed by atoms with Gasteiger partial charge < -0.3 is 15.7 Å². The molecule has 0 aliphatic heterocycles. The molecule has 1 aliphatic rings. The Kier molecular flexibility index (Phi) is 5.51. The number of aromatic nitrogens is 2. The summed E-state index contributed by atoms with van der Waals surface area (Å²) in [6.45, 7) is 4.01. The maximum atomic E-state index is 12.8. The predicted octanol–water partition coefficient (Wildman–Crippen LogP) is 1.30. The number of hydrogen-bond acceptors (Lipinski definition) is 5. The van der Waals surface area contributed by atoms with Crippen molar-refractivity contribution in [1.82, 2.24) is 20.6 Å². The van der Waals surface area contributed by atoms with E-state index >= 15 is 0 Å². The molecular formula is C20H24N4O3. The highest BCUT2D eigenvalue weighted by atomic mass is 16.3. The predicted molar refractivity (Wildman–Crippen MR) is 99.5 cm³/mol. The van der Waals surface area contributed by atoms with Crippen molar-refractivity contribution in [2.24, 2.45) is 11.8 Å². The fourth-order valence-corrected chi connectivity index (χ4v) is 3.22. The average Bonchev–Trinajstić information content (AvgIpc) is 3.34. The highest BCUT2D eigenvalue weighted by Crippen LogP contribution is 2.46. The third-order valence-electron chi connectivity index (χ3n) is 4.83. The summed E-state index contributed by atoms with van der Waals surface area (Å²) in [4.78, 5) is 33.1. The Hall–Kier alpha value is -2.80. The largest absolute Gasteiger partial charge is 0.371 e. The van der Waals surface area contributed by atoms with E-state index in [1.54, 1.807) is 0 Å². The van der Waals surface area contributed by atoms with E-state index in [0.29, 0.717) is 12.8 Å². The summed E-state index contributed by atoms with van der Waals surface area (Å²) in [6.07, 6.45) is 5.06. The van der Waals surface area contributed by atoms with E-state index < -0.39 is 23.6 Å². The Labute approximate surface area is 158 Å². The first-order valence-electron chi connectivity index (χ1n) is 9.04.